The molecule has 0 saturated carbocycles. The lowest BCUT2D eigenvalue weighted by molar-refractivity contribution is 0.800. The predicted molar refractivity (Wildman–Crippen MR) is 53.3 cm³/mol. The van der Waals surface area contributed by atoms with Crippen molar-refractivity contribution >= 4 is 27.3 Å². The number of thiophene rings is 1. The monoisotopic (exact) mass is 242 g/mol. The minimum atomic E-state index is 0.905. The molecule has 2 aromatic rings. The number of rotatable bonds is 2. The van der Waals surface area contributed by atoms with E-state index in [-0.39, 0.29) is 0 Å². The van der Waals surface area contributed by atoms with E-state index in [1.165, 1.54) is 9.35 Å². The van der Waals surface area contributed by atoms with E-state index < -0.39 is 0 Å². The van der Waals surface area contributed by atoms with Gasteiger partial charge in [0.1, 0.15) is 0 Å². The molecule has 2 heterocycles. The molecule has 2 nitrogen and oxygen atoms in total. The van der Waals surface area contributed by atoms with Crippen LogP contribution < -0.4 is 0 Å². The highest BCUT2D eigenvalue weighted by Gasteiger charge is 1.97. The van der Waals surface area contributed by atoms with Gasteiger partial charge < -0.3 is 4.57 Å². The molecule has 12 heavy (non-hydrogen) atoms. The average molecular weight is 243 g/mol. The van der Waals surface area contributed by atoms with E-state index in [0.29, 0.717) is 0 Å². The Morgan fingerprint density at radius 2 is 2.50 bits per heavy atom. The highest BCUT2D eigenvalue weighted by molar-refractivity contribution is 9.11. The van der Waals surface area contributed by atoms with Gasteiger partial charge in [-0.2, -0.15) is 0 Å². The van der Waals surface area contributed by atoms with Gasteiger partial charge in [0.2, 0.25) is 0 Å². The van der Waals surface area contributed by atoms with Crippen molar-refractivity contribution in [3.05, 3.63) is 39.5 Å². The summed E-state index contributed by atoms with van der Waals surface area (Å²) in [7, 11) is 0. The van der Waals surface area contributed by atoms with Gasteiger partial charge in [0, 0.05) is 18.9 Å². The van der Waals surface area contributed by atoms with Crippen LogP contribution in [0.5, 0.6) is 0 Å². The average Bonchev–Trinajstić information content (AvgIpc) is 2.63. The lowest BCUT2D eigenvalue weighted by Gasteiger charge is -1.96. The third-order valence-corrected chi connectivity index (χ3v) is 3.10. The quantitative estimate of drug-likeness (QED) is 0.792. The number of hydrogen-bond donors (Lipinski definition) is 0. The molecule has 2 aromatic heterocycles. The van der Waals surface area contributed by atoms with Gasteiger partial charge in [-0.15, -0.1) is 11.3 Å². The second-order valence-corrected chi connectivity index (χ2v) is 4.78. The normalized spacial score (nSPS) is 10.4. The first-order valence-electron chi connectivity index (χ1n) is 3.53. The zero-order chi connectivity index (χ0) is 8.39. The first kappa shape index (κ1) is 8.01. The number of hydrogen-bond acceptors (Lipinski definition) is 2. The highest BCUT2D eigenvalue weighted by atomic mass is 79.9. The first-order chi connectivity index (χ1) is 5.84. The van der Waals surface area contributed by atoms with Crippen molar-refractivity contribution in [3.8, 4) is 0 Å². The van der Waals surface area contributed by atoms with Gasteiger partial charge in [-0.3, -0.25) is 0 Å². The van der Waals surface area contributed by atoms with Gasteiger partial charge in [-0.1, -0.05) is 0 Å². The van der Waals surface area contributed by atoms with Crippen molar-refractivity contribution in [2.75, 3.05) is 0 Å². The van der Waals surface area contributed by atoms with Crippen LogP contribution in [0.15, 0.2) is 34.0 Å². The Kier molecular flexibility index (Phi) is 2.28. The SMILES string of the molecule is Brc1cc(Cn2ccnc2)cs1. The smallest absolute Gasteiger partial charge is 0.0949 e. The zero-order valence-corrected chi connectivity index (χ0v) is 8.68. The summed E-state index contributed by atoms with van der Waals surface area (Å²) >= 11 is 5.14. The third kappa shape index (κ3) is 1.76. The summed E-state index contributed by atoms with van der Waals surface area (Å²) in [6, 6.07) is 2.13. The molecule has 0 fully saturated rings. The molecule has 0 amide bonds. The minimum absolute atomic E-state index is 0.905. The molecule has 0 aliphatic rings. The molecule has 0 atom stereocenters. The maximum atomic E-state index is 3.98. The van der Waals surface area contributed by atoms with Crippen molar-refractivity contribution < 1.29 is 0 Å². The van der Waals surface area contributed by atoms with Gasteiger partial charge in [0.05, 0.1) is 10.1 Å². The lowest BCUT2D eigenvalue weighted by Crippen LogP contribution is -1.93. The Hall–Kier alpha value is -0.610. The van der Waals surface area contributed by atoms with Crippen LogP contribution >= 0.6 is 27.3 Å². The molecule has 0 aliphatic heterocycles. The van der Waals surface area contributed by atoms with E-state index in [4.69, 9.17) is 0 Å². The van der Waals surface area contributed by atoms with Gasteiger partial charge in [-0.05, 0) is 32.9 Å². The molecule has 0 unspecified atom stereocenters. The van der Waals surface area contributed by atoms with Crippen LogP contribution in [0.2, 0.25) is 0 Å². The van der Waals surface area contributed by atoms with Crippen molar-refractivity contribution in [1.82, 2.24) is 9.55 Å². The second-order valence-electron chi connectivity index (χ2n) is 2.49. The van der Waals surface area contributed by atoms with E-state index in [0.717, 1.165) is 6.54 Å². The number of nitrogens with zero attached hydrogens (tertiary/aromatic N) is 2. The van der Waals surface area contributed by atoms with Gasteiger partial charge in [0.25, 0.3) is 0 Å². The maximum Gasteiger partial charge on any atom is 0.0949 e. The van der Waals surface area contributed by atoms with E-state index in [9.17, 15) is 0 Å². The molecule has 0 bridgehead atoms. The summed E-state index contributed by atoms with van der Waals surface area (Å²) in [5, 5.41) is 2.14. The standard InChI is InChI=1S/C8H7BrN2S/c9-8-3-7(5-12-8)4-11-2-1-10-6-11/h1-3,5-6H,4H2. The Morgan fingerprint density at radius 3 is 3.08 bits per heavy atom. The van der Waals surface area contributed by atoms with Crippen LogP contribution in [-0.2, 0) is 6.54 Å². The van der Waals surface area contributed by atoms with Crippen LogP contribution in [-0.4, -0.2) is 9.55 Å². The van der Waals surface area contributed by atoms with Gasteiger partial charge >= 0.3 is 0 Å². The Labute approximate surface area is 83.0 Å². The summed E-state index contributed by atoms with van der Waals surface area (Å²) < 4.78 is 3.23. The van der Waals surface area contributed by atoms with Gasteiger partial charge in [-0.25, -0.2) is 4.98 Å². The molecule has 0 aromatic carbocycles. The molecule has 2 rings (SSSR count). The zero-order valence-electron chi connectivity index (χ0n) is 6.27. The number of imidazole rings is 1. The summed E-state index contributed by atoms with van der Waals surface area (Å²) in [6.45, 7) is 0.905. The fraction of sp³-hybridized carbons (Fsp3) is 0.125. The van der Waals surface area contributed by atoms with Crippen molar-refractivity contribution in [2.45, 2.75) is 6.54 Å². The van der Waals surface area contributed by atoms with Crippen LogP contribution in [0, 0.1) is 0 Å². The first-order valence-corrected chi connectivity index (χ1v) is 5.20. The van der Waals surface area contributed by atoms with E-state index >= 15 is 0 Å². The van der Waals surface area contributed by atoms with Crippen molar-refractivity contribution in [3.63, 3.8) is 0 Å². The molecular weight excluding hydrogens is 236 g/mol. The van der Waals surface area contributed by atoms with Crippen LogP contribution in [0.1, 0.15) is 5.56 Å². The second kappa shape index (κ2) is 3.41. The van der Waals surface area contributed by atoms with E-state index in [1.807, 2.05) is 12.5 Å². The molecule has 0 spiro atoms. The minimum Gasteiger partial charge on any atom is -0.333 e. The van der Waals surface area contributed by atoms with Gasteiger partial charge in [0.15, 0.2) is 0 Å². The summed E-state index contributed by atoms with van der Waals surface area (Å²) in [5.74, 6) is 0. The molecule has 0 aliphatic carbocycles. The lowest BCUT2D eigenvalue weighted by atomic mass is 10.3. The number of halogens is 1. The molecular formula is C8H7BrN2S. The fourth-order valence-corrected chi connectivity index (χ4v) is 2.22. The molecule has 0 radical (unpaired) electrons. The topological polar surface area (TPSA) is 17.8 Å². The largest absolute Gasteiger partial charge is 0.333 e. The summed E-state index contributed by atoms with van der Waals surface area (Å²) in [5.41, 5.74) is 1.31. The molecule has 4 heteroatoms. The van der Waals surface area contributed by atoms with Crippen LogP contribution in [0.3, 0.4) is 0 Å². The third-order valence-electron chi connectivity index (χ3n) is 1.55. The number of aromatic nitrogens is 2. The summed E-state index contributed by atoms with van der Waals surface area (Å²) in [4.78, 5) is 3.98. The van der Waals surface area contributed by atoms with Crippen molar-refractivity contribution in [2.24, 2.45) is 0 Å². The molecule has 0 N–H and O–H groups in total. The molecule has 62 valence electrons. The Balaban J connectivity index is 2.14. The van der Waals surface area contributed by atoms with E-state index in [2.05, 4.69) is 36.9 Å². The fourth-order valence-electron chi connectivity index (χ4n) is 1.02. The Morgan fingerprint density at radius 1 is 1.58 bits per heavy atom. The van der Waals surface area contributed by atoms with Crippen LogP contribution in [0.25, 0.3) is 0 Å². The molecule has 0 saturated heterocycles. The van der Waals surface area contributed by atoms with Crippen LogP contribution in [0.4, 0.5) is 0 Å². The Bertz CT molecular complexity index is 353. The van der Waals surface area contributed by atoms with E-state index in [1.54, 1.807) is 17.5 Å². The maximum absolute atomic E-state index is 3.98. The highest BCUT2D eigenvalue weighted by Crippen LogP contribution is 2.21. The predicted octanol–water partition coefficient (Wildman–Crippen LogP) is 2.76. The van der Waals surface area contributed by atoms with Crippen molar-refractivity contribution in [1.29, 1.82) is 0 Å². The summed E-state index contributed by atoms with van der Waals surface area (Å²) in [6.07, 6.45) is 5.58.